The lowest BCUT2D eigenvalue weighted by Crippen LogP contribution is -2.46. The van der Waals surface area contributed by atoms with Gasteiger partial charge in [-0.1, -0.05) is 0 Å². The van der Waals surface area contributed by atoms with E-state index in [9.17, 15) is 0 Å². The van der Waals surface area contributed by atoms with E-state index in [0.29, 0.717) is 12.1 Å². The number of rotatable bonds is 5. The van der Waals surface area contributed by atoms with Crippen LogP contribution in [0.1, 0.15) is 37.3 Å². The molecule has 2 fully saturated rings. The van der Waals surface area contributed by atoms with Gasteiger partial charge in [0.05, 0.1) is 12.7 Å². The van der Waals surface area contributed by atoms with Crippen molar-refractivity contribution in [2.75, 3.05) is 18.0 Å². The molecular weight excluding hydrogens is 290 g/mol. The number of hydrogen-bond donors (Lipinski definition) is 0. The number of nitrogens with zero attached hydrogens (tertiary/aromatic N) is 5. The summed E-state index contributed by atoms with van der Waals surface area (Å²) in [6, 6.07) is 3.38. The Balaban J connectivity index is 1.41. The van der Waals surface area contributed by atoms with Crippen LogP contribution in [0, 0.1) is 6.92 Å². The number of likely N-dealkylation sites (tertiary alicyclic amines) is 1. The quantitative estimate of drug-likeness (QED) is 0.845. The van der Waals surface area contributed by atoms with Crippen molar-refractivity contribution in [3.8, 4) is 0 Å². The van der Waals surface area contributed by atoms with Gasteiger partial charge in [0, 0.05) is 36.9 Å². The third kappa shape index (κ3) is 3.37. The second kappa shape index (κ2) is 6.28. The second-order valence-electron chi connectivity index (χ2n) is 6.59. The van der Waals surface area contributed by atoms with E-state index in [4.69, 9.17) is 4.42 Å². The fourth-order valence-corrected chi connectivity index (χ4v) is 3.48. The third-order valence-electron chi connectivity index (χ3n) is 4.79. The molecule has 0 N–H and O–H groups in total. The number of anilines is 1. The minimum Gasteiger partial charge on any atom is -0.448 e. The van der Waals surface area contributed by atoms with Gasteiger partial charge in [0.2, 0.25) is 5.89 Å². The van der Waals surface area contributed by atoms with Crippen LogP contribution in [0.25, 0.3) is 0 Å². The highest BCUT2D eigenvalue weighted by Gasteiger charge is 2.36. The molecule has 122 valence electrons. The summed E-state index contributed by atoms with van der Waals surface area (Å²) in [6.45, 7) is 5.02. The molecule has 0 radical (unpaired) electrons. The first-order valence-corrected chi connectivity index (χ1v) is 8.47. The summed E-state index contributed by atoms with van der Waals surface area (Å²) in [5, 5.41) is 0. The van der Waals surface area contributed by atoms with Crippen molar-refractivity contribution in [2.45, 2.75) is 51.2 Å². The molecule has 1 aliphatic carbocycles. The smallest absolute Gasteiger partial charge is 0.208 e. The second-order valence-corrected chi connectivity index (χ2v) is 6.59. The average Bonchev–Trinajstić information content (AvgIpc) is 3.25. The molecule has 6 nitrogen and oxygen atoms in total. The van der Waals surface area contributed by atoms with Gasteiger partial charge in [-0.3, -0.25) is 4.90 Å². The predicted octanol–water partition coefficient (Wildman–Crippen LogP) is 2.41. The number of aromatic nitrogens is 3. The molecule has 4 rings (SSSR count). The standard InChI is InChI=1S/C17H23N5O/c1-13-10-16(20-12-19-13)22(14-2-3-14)15-4-7-21(8-5-15)11-17-18-6-9-23-17/h6,9-10,12,14-15H,2-5,7-8,11H2,1H3. The Morgan fingerprint density at radius 2 is 1.91 bits per heavy atom. The number of hydrogen-bond acceptors (Lipinski definition) is 6. The molecule has 23 heavy (non-hydrogen) atoms. The normalized spacial score (nSPS) is 19.9. The monoisotopic (exact) mass is 313 g/mol. The zero-order valence-electron chi connectivity index (χ0n) is 13.6. The van der Waals surface area contributed by atoms with Gasteiger partial charge in [-0.05, 0) is 32.6 Å². The zero-order chi connectivity index (χ0) is 15.6. The Kier molecular flexibility index (Phi) is 3.99. The molecule has 1 saturated heterocycles. The summed E-state index contributed by atoms with van der Waals surface area (Å²) in [4.78, 5) is 18.0. The molecule has 2 aromatic rings. The van der Waals surface area contributed by atoms with E-state index in [-0.39, 0.29) is 0 Å². The van der Waals surface area contributed by atoms with Gasteiger partial charge >= 0.3 is 0 Å². The molecule has 0 spiro atoms. The van der Waals surface area contributed by atoms with E-state index in [1.165, 1.54) is 25.7 Å². The van der Waals surface area contributed by atoms with E-state index >= 15 is 0 Å². The van der Waals surface area contributed by atoms with Gasteiger partial charge in [-0.2, -0.15) is 0 Å². The molecule has 0 unspecified atom stereocenters. The van der Waals surface area contributed by atoms with Crippen molar-refractivity contribution in [1.29, 1.82) is 0 Å². The summed E-state index contributed by atoms with van der Waals surface area (Å²) in [5.74, 6) is 1.92. The Morgan fingerprint density at radius 1 is 1.13 bits per heavy atom. The lowest BCUT2D eigenvalue weighted by Gasteiger charge is -2.39. The van der Waals surface area contributed by atoms with Gasteiger partial charge in [-0.25, -0.2) is 15.0 Å². The van der Waals surface area contributed by atoms with E-state index in [1.54, 1.807) is 18.8 Å². The van der Waals surface area contributed by atoms with Crippen LogP contribution < -0.4 is 4.90 Å². The number of piperidine rings is 1. The van der Waals surface area contributed by atoms with Gasteiger partial charge in [0.25, 0.3) is 0 Å². The molecule has 6 heteroatoms. The van der Waals surface area contributed by atoms with Crippen LogP contribution in [0.2, 0.25) is 0 Å². The van der Waals surface area contributed by atoms with Crippen LogP contribution in [0.5, 0.6) is 0 Å². The highest BCUT2D eigenvalue weighted by molar-refractivity contribution is 5.43. The van der Waals surface area contributed by atoms with Gasteiger partial charge < -0.3 is 9.32 Å². The minimum absolute atomic E-state index is 0.581. The Bertz CT molecular complexity index is 632. The Labute approximate surface area is 136 Å². The molecule has 0 atom stereocenters. The fourth-order valence-electron chi connectivity index (χ4n) is 3.48. The van der Waals surface area contributed by atoms with Crippen molar-refractivity contribution in [1.82, 2.24) is 19.9 Å². The molecule has 0 aromatic carbocycles. The third-order valence-corrected chi connectivity index (χ3v) is 4.79. The van der Waals surface area contributed by atoms with Crippen molar-refractivity contribution >= 4 is 5.82 Å². The predicted molar refractivity (Wildman–Crippen MR) is 87.1 cm³/mol. The van der Waals surface area contributed by atoms with Crippen LogP contribution in [0.3, 0.4) is 0 Å². The number of aryl methyl sites for hydroxylation is 1. The van der Waals surface area contributed by atoms with Crippen molar-refractivity contribution in [3.05, 3.63) is 36.4 Å². The van der Waals surface area contributed by atoms with Gasteiger partial charge in [0.15, 0.2) is 0 Å². The Morgan fingerprint density at radius 3 is 2.57 bits per heavy atom. The van der Waals surface area contributed by atoms with Crippen LogP contribution >= 0.6 is 0 Å². The first kappa shape index (κ1) is 14.6. The molecule has 0 amide bonds. The van der Waals surface area contributed by atoms with Crippen molar-refractivity contribution in [2.24, 2.45) is 0 Å². The lowest BCUT2D eigenvalue weighted by molar-refractivity contribution is 0.184. The molecule has 2 aromatic heterocycles. The maximum atomic E-state index is 5.36. The maximum Gasteiger partial charge on any atom is 0.208 e. The van der Waals surface area contributed by atoms with E-state index < -0.39 is 0 Å². The highest BCUT2D eigenvalue weighted by Crippen LogP contribution is 2.35. The van der Waals surface area contributed by atoms with E-state index in [1.807, 2.05) is 6.92 Å². The zero-order valence-corrected chi connectivity index (χ0v) is 13.6. The van der Waals surface area contributed by atoms with Crippen molar-refractivity contribution in [3.63, 3.8) is 0 Å². The summed E-state index contributed by atoms with van der Waals surface area (Å²) in [6.07, 6.45) is 9.97. The molecule has 2 aliphatic rings. The highest BCUT2D eigenvalue weighted by atomic mass is 16.3. The number of oxazole rings is 1. The van der Waals surface area contributed by atoms with E-state index in [2.05, 4.69) is 30.8 Å². The van der Waals surface area contributed by atoms with Gasteiger partial charge in [0.1, 0.15) is 18.4 Å². The molecule has 1 saturated carbocycles. The fraction of sp³-hybridized carbons (Fsp3) is 0.588. The van der Waals surface area contributed by atoms with Crippen LogP contribution in [-0.4, -0.2) is 45.0 Å². The topological polar surface area (TPSA) is 58.3 Å². The molecule has 0 bridgehead atoms. The van der Waals surface area contributed by atoms with Crippen LogP contribution in [0.4, 0.5) is 5.82 Å². The maximum absolute atomic E-state index is 5.36. The van der Waals surface area contributed by atoms with Crippen LogP contribution in [0.15, 0.2) is 29.3 Å². The summed E-state index contributed by atoms with van der Waals surface area (Å²) in [7, 11) is 0. The first-order chi connectivity index (χ1) is 11.3. The largest absolute Gasteiger partial charge is 0.448 e. The summed E-state index contributed by atoms with van der Waals surface area (Å²) >= 11 is 0. The van der Waals surface area contributed by atoms with Gasteiger partial charge in [-0.15, -0.1) is 0 Å². The average molecular weight is 313 g/mol. The van der Waals surface area contributed by atoms with Crippen molar-refractivity contribution < 1.29 is 4.42 Å². The first-order valence-electron chi connectivity index (χ1n) is 8.47. The Hall–Kier alpha value is -1.95. The minimum atomic E-state index is 0.581. The molecule has 3 heterocycles. The lowest BCUT2D eigenvalue weighted by atomic mass is 10.0. The van der Waals surface area contributed by atoms with Crippen LogP contribution in [-0.2, 0) is 6.54 Å². The molecule has 1 aliphatic heterocycles. The summed E-state index contributed by atoms with van der Waals surface area (Å²) in [5.41, 5.74) is 1.04. The SMILES string of the molecule is Cc1cc(N(C2CC2)C2CCN(Cc3ncco3)CC2)ncn1. The van der Waals surface area contributed by atoms with E-state index in [0.717, 1.165) is 37.0 Å². The molecular formula is C17H23N5O. The summed E-state index contributed by atoms with van der Waals surface area (Å²) < 4.78 is 5.36.